The quantitative estimate of drug-likeness (QED) is 0.927. The van der Waals surface area contributed by atoms with Crippen LogP contribution in [-0.4, -0.2) is 32.4 Å². The lowest BCUT2D eigenvalue weighted by Gasteiger charge is -2.36. The van der Waals surface area contributed by atoms with E-state index in [1.165, 1.54) is 6.07 Å². The van der Waals surface area contributed by atoms with Gasteiger partial charge >= 0.3 is 0 Å². The highest BCUT2D eigenvalue weighted by Gasteiger charge is 2.40. The van der Waals surface area contributed by atoms with Gasteiger partial charge in [0.25, 0.3) is 0 Å². The highest BCUT2D eigenvalue weighted by Crippen LogP contribution is 2.38. The van der Waals surface area contributed by atoms with Crippen molar-refractivity contribution in [3.63, 3.8) is 0 Å². The molecule has 1 saturated heterocycles. The molecular formula is C15H20FNO3S. The van der Waals surface area contributed by atoms with Crippen molar-refractivity contribution in [2.75, 3.05) is 6.61 Å². The fourth-order valence-corrected chi connectivity index (χ4v) is 5.03. The molecule has 2 atom stereocenters. The van der Waals surface area contributed by atoms with Crippen molar-refractivity contribution >= 4 is 10.0 Å². The highest BCUT2D eigenvalue weighted by atomic mass is 32.2. The maximum atomic E-state index is 13.7. The summed E-state index contributed by atoms with van der Waals surface area (Å²) in [5, 5.41) is -0.468. The van der Waals surface area contributed by atoms with E-state index in [-0.39, 0.29) is 23.9 Å². The van der Waals surface area contributed by atoms with Crippen LogP contribution < -0.4 is 4.72 Å². The van der Waals surface area contributed by atoms with E-state index in [9.17, 15) is 12.8 Å². The third-order valence-electron chi connectivity index (χ3n) is 4.52. The number of sulfonamides is 1. The minimum absolute atomic E-state index is 0.0904. The van der Waals surface area contributed by atoms with Crippen LogP contribution in [0.4, 0.5) is 4.39 Å². The van der Waals surface area contributed by atoms with Crippen LogP contribution in [0.25, 0.3) is 0 Å². The van der Waals surface area contributed by atoms with Gasteiger partial charge in [0.1, 0.15) is 11.1 Å². The Hall–Kier alpha value is -0.980. The average molecular weight is 313 g/mol. The number of nitrogens with one attached hydrogen (secondary N) is 1. The third-order valence-corrected chi connectivity index (χ3v) is 6.60. The predicted molar refractivity (Wildman–Crippen MR) is 78.0 cm³/mol. The Kier molecular flexibility index (Phi) is 4.03. The Labute approximate surface area is 124 Å². The summed E-state index contributed by atoms with van der Waals surface area (Å²) in [6.45, 7) is 2.29. The Morgan fingerprint density at radius 2 is 2.00 bits per heavy atom. The fourth-order valence-electron chi connectivity index (χ4n) is 3.21. The van der Waals surface area contributed by atoms with Crippen molar-refractivity contribution in [3.8, 4) is 0 Å². The zero-order valence-electron chi connectivity index (χ0n) is 12.0. The number of hydrogen-bond acceptors (Lipinski definition) is 3. The number of benzene rings is 1. The SMILES string of the molecule is CC1OCCC1S(=O)(=O)NC1CC(c2ccccc2F)C1. The first-order valence-electron chi connectivity index (χ1n) is 7.34. The maximum absolute atomic E-state index is 13.7. The van der Waals surface area contributed by atoms with Gasteiger partial charge in [-0.3, -0.25) is 0 Å². The van der Waals surface area contributed by atoms with Crippen LogP contribution in [0.2, 0.25) is 0 Å². The van der Waals surface area contributed by atoms with E-state index in [1.54, 1.807) is 19.1 Å². The molecule has 2 unspecified atom stereocenters. The third kappa shape index (κ3) is 2.98. The Morgan fingerprint density at radius 1 is 1.29 bits per heavy atom. The van der Waals surface area contributed by atoms with Crippen LogP contribution in [0, 0.1) is 5.82 Å². The molecule has 21 heavy (non-hydrogen) atoms. The largest absolute Gasteiger partial charge is 0.377 e. The molecule has 1 aromatic rings. The van der Waals surface area contributed by atoms with Crippen LogP contribution in [-0.2, 0) is 14.8 Å². The fraction of sp³-hybridized carbons (Fsp3) is 0.600. The molecule has 1 aliphatic heterocycles. The summed E-state index contributed by atoms with van der Waals surface area (Å²) in [6, 6.07) is 6.61. The zero-order valence-corrected chi connectivity index (χ0v) is 12.8. The Balaban J connectivity index is 1.59. The lowest BCUT2D eigenvalue weighted by Crippen LogP contribution is -2.48. The van der Waals surface area contributed by atoms with Crippen molar-refractivity contribution < 1.29 is 17.5 Å². The molecule has 2 fully saturated rings. The van der Waals surface area contributed by atoms with Crippen molar-refractivity contribution in [1.82, 2.24) is 4.72 Å². The van der Waals surface area contributed by atoms with Gasteiger partial charge < -0.3 is 4.74 Å². The van der Waals surface area contributed by atoms with E-state index in [4.69, 9.17) is 4.74 Å². The van der Waals surface area contributed by atoms with E-state index in [0.717, 1.165) is 0 Å². The van der Waals surface area contributed by atoms with Crippen molar-refractivity contribution in [2.24, 2.45) is 0 Å². The molecule has 2 aliphatic rings. The molecule has 0 aromatic heterocycles. The molecule has 1 N–H and O–H groups in total. The molecule has 0 spiro atoms. The van der Waals surface area contributed by atoms with Crippen LogP contribution >= 0.6 is 0 Å². The Morgan fingerprint density at radius 3 is 2.62 bits per heavy atom. The summed E-state index contributed by atoms with van der Waals surface area (Å²) in [6.07, 6.45) is 1.59. The molecular weight excluding hydrogens is 293 g/mol. The van der Waals surface area contributed by atoms with E-state index in [1.807, 2.05) is 6.07 Å². The second kappa shape index (κ2) is 5.66. The summed E-state index contributed by atoms with van der Waals surface area (Å²) in [4.78, 5) is 0. The highest BCUT2D eigenvalue weighted by molar-refractivity contribution is 7.90. The summed E-state index contributed by atoms with van der Waals surface area (Å²) in [5.74, 6) is -0.0993. The monoisotopic (exact) mass is 313 g/mol. The number of halogens is 1. The summed E-state index contributed by atoms with van der Waals surface area (Å²) in [5.41, 5.74) is 0.686. The maximum Gasteiger partial charge on any atom is 0.217 e. The molecule has 116 valence electrons. The first kappa shape index (κ1) is 14.9. The van der Waals surface area contributed by atoms with Crippen LogP contribution in [0.15, 0.2) is 24.3 Å². The number of ether oxygens (including phenoxy) is 1. The molecule has 0 amide bonds. The Bertz CT molecular complexity index is 613. The molecule has 1 saturated carbocycles. The van der Waals surface area contributed by atoms with Crippen LogP contribution in [0.3, 0.4) is 0 Å². The summed E-state index contributed by atoms with van der Waals surface area (Å²) in [7, 11) is -3.35. The first-order chi connectivity index (χ1) is 9.97. The van der Waals surface area contributed by atoms with Crippen molar-refractivity contribution in [2.45, 2.75) is 49.5 Å². The molecule has 0 radical (unpaired) electrons. The van der Waals surface area contributed by atoms with Gasteiger partial charge in [0.15, 0.2) is 0 Å². The smallest absolute Gasteiger partial charge is 0.217 e. The van der Waals surface area contributed by atoms with Gasteiger partial charge in [0.05, 0.1) is 6.10 Å². The lowest BCUT2D eigenvalue weighted by atomic mass is 9.76. The molecule has 0 bridgehead atoms. The van der Waals surface area contributed by atoms with Gasteiger partial charge in [-0.05, 0) is 43.7 Å². The topological polar surface area (TPSA) is 55.4 Å². The average Bonchev–Trinajstić information content (AvgIpc) is 2.82. The van der Waals surface area contributed by atoms with Gasteiger partial charge in [0, 0.05) is 12.6 Å². The van der Waals surface area contributed by atoms with Gasteiger partial charge in [-0.1, -0.05) is 18.2 Å². The van der Waals surface area contributed by atoms with Gasteiger partial charge in [-0.25, -0.2) is 17.5 Å². The number of hydrogen-bond donors (Lipinski definition) is 1. The van der Waals surface area contributed by atoms with Gasteiger partial charge in [-0.15, -0.1) is 0 Å². The lowest BCUT2D eigenvalue weighted by molar-refractivity contribution is 0.126. The van der Waals surface area contributed by atoms with Crippen LogP contribution in [0.1, 0.15) is 37.7 Å². The van der Waals surface area contributed by atoms with Gasteiger partial charge in [-0.2, -0.15) is 0 Å². The minimum Gasteiger partial charge on any atom is -0.377 e. The van der Waals surface area contributed by atoms with E-state index in [0.29, 0.717) is 31.4 Å². The second-order valence-electron chi connectivity index (χ2n) is 5.95. The van der Waals surface area contributed by atoms with Crippen molar-refractivity contribution in [3.05, 3.63) is 35.6 Å². The predicted octanol–water partition coefficient (Wildman–Crippen LogP) is 2.17. The van der Waals surface area contributed by atoms with E-state index < -0.39 is 15.3 Å². The summed E-state index contributed by atoms with van der Waals surface area (Å²) >= 11 is 0. The van der Waals surface area contributed by atoms with E-state index in [2.05, 4.69) is 4.72 Å². The zero-order chi connectivity index (χ0) is 15.0. The summed E-state index contributed by atoms with van der Waals surface area (Å²) < 4.78 is 46.3. The number of rotatable bonds is 4. The normalized spacial score (nSPS) is 32.9. The molecule has 1 heterocycles. The molecule has 1 aromatic carbocycles. The second-order valence-corrected chi connectivity index (χ2v) is 7.88. The van der Waals surface area contributed by atoms with Gasteiger partial charge in [0.2, 0.25) is 10.0 Å². The standard InChI is InChI=1S/C15H20FNO3S/c1-10-15(6-7-20-10)21(18,19)17-12-8-11(9-12)13-4-2-3-5-14(13)16/h2-5,10-12,15,17H,6-9H2,1H3. The first-order valence-corrected chi connectivity index (χ1v) is 8.89. The minimum atomic E-state index is -3.35. The molecule has 1 aliphatic carbocycles. The van der Waals surface area contributed by atoms with E-state index >= 15 is 0 Å². The molecule has 3 rings (SSSR count). The van der Waals surface area contributed by atoms with Crippen molar-refractivity contribution in [1.29, 1.82) is 0 Å². The molecule has 4 nitrogen and oxygen atoms in total. The molecule has 6 heteroatoms. The van der Waals surface area contributed by atoms with Crippen LogP contribution in [0.5, 0.6) is 0 Å².